The third kappa shape index (κ3) is 3.01. The van der Waals surface area contributed by atoms with Gasteiger partial charge < -0.3 is 14.5 Å². The first-order valence-electron chi connectivity index (χ1n) is 8.25. The fourth-order valence-corrected chi connectivity index (χ4v) is 4.02. The minimum atomic E-state index is 0.147. The van der Waals surface area contributed by atoms with Crippen LogP contribution in [0.1, 0.15) is 44.9 Å². The molecule has 4 heteroatoms. The van der Waals surface area contributed by atoms with Gasteiger partial charge in [-0.3, -0.25) is 4.79 Å². The van der Waals surface area contributed by atoms with E-state index in [1.807, 2.05) is 0 Å². The Morgan fingerprint density at radius 2 is 2.10 bits per heavy atom. The van der Waals surface area contributed by atoms with Crippen LogP contribution in [-0.2, 0) is 9.53 Å². The average molecular weight is 280 g/mol. The maximum atomic E-state index is 12.2. The van der Waals surface area contributed by atoms with Crippen molar-refractivity contribution in [1.82, 2.24) is 9.80 Å². The molecule has 1 spiro atoms. The standard InChI is InChI=1S/C16H28N2O2/c1-20-12-11-18-15(19)5-7-16(18)6-2-9-17(10-8-16)13-14-3-4-14/h14H,2-13H2,1H3. The molecular weight excluding hydrogens is 252 g/mol. The van der Waals surface area contributed by atoms with Crippen molar-refractivity contribution in [2.75, 3.05) is 39.9 Å². The number of carbonyl (C=O) groups excluding carboxylic acids is 1. The molecule has 0 aromatic rings. The van der Waals surface area contributed by atoms with Crippen molar-refractivity contribution in [3.8, 4) is 0 Å². The van der Waals surface area contributed by atoms with Gasteiger partial charge in [-0.2, -0.15) is 0 Å². The zero-order chi connectivity index (χ0) is 14.0. The summed E-state index contributed by atoms with van der Waals surface area (Å²) in [5.41, 5.74) is 0.147. The molecule has 4 nitrogen and oxygen atoms in total. The predicted octanol–water partition coefficient (Wildman–Crippen LogP) is 1.89. The molecule has 0 radical (unpaired) electrons. The smallest absolute Gasteiger partial charge is 0.223 e. The second-order valence-corrected chi connectivity index (χ2v) is 6.86. The fourth-order valence-electron chi connectivity index (χ4n) is 4.02. The number of hydrogen-bond acceptors (Lipinski definition) is 3. The Morgan fingerprint density at radius 1 is 1.25 bits per heavy atom. The number of rotatable bonds is 5. The summed E-state index contributed by atoms with van der Waals surface area (Å²) in [5, 5.41) is 0. The first-order valence-corrected chi connectivity index (χ1v) is 8.25. The monoisotopic (exact) mass is 280 g/mol. The van der Waals surface area contributed by atoms with E-state index in [9.17, 15) is 4.79 Å². The van der Waals surface area contributed by atoms with Gasteiger partial charge in [-0.15, -0.1) is 0 Å². The third-order valence-corrected chi connectivity index (χ3v) is 5.42. The van der Waals surface area contributed by atoms with E-state index < -0.39 is 0 Å². The lowest BCUT2D eigenvalue weighted by atomic mass is 9.88. The van der Waals surface area contributed by atoms with Gasteiger partial charge in [-0.25, -0.2) is 0 Å². The summed E-state index contributed by atoms with van der Waals surface area (Å²) in [5.74, 6) is 1.32. The lowest BCUT2D eigenvalue weighted by Crippen LogP contribution is -2.47. The summed E-state index contributed by atoms with van der Waals surface area (Å²) in [4.78, 5) is 17.0. The van der Waals surface area contributed by atoms with Crippen molar-refractivity contribution in [2.45, 2.75) is 50.5 Å². The van der Waals surface area contributed by atoms with E-state index in [-0.39, 0.29) is 5.54 Å². The number of amides is 1. The highest BCUT2D eigenvalue weighted by Gasteiger charge is 2.45. The number of nitrogens with zero attached hydrogens (tertiary/aromatic N) is 2. The molecule has 1 unspecified atom stereocenters. The minimum Gasteiger partial charge on any atom is -0.383 e. The summed E-state index contributed by atoms with van der Waals surface area (Å²) in [6.45, 7) is 5.14. The van der Waals surface area contributed by atoms with Crippen LogP contribution < -0.4 is 0 Å². The quantitative estimate of drug-likeness (QED) is 0.771. The number of likely N-dealkylation sites (tertiary alicyclic amines) is 2. The zero-order valence-electron chi connectivity index (χ0n) is 12.8. The SMILES string of the molecule is COCCN1C(=O)CCC12CCCN(CC1CC1)CC2. The molecule has 3 rings (SSSR count). The molecule has 3 fully saturated rings. The van der Waals surface area contributed by atoms with Gasteiger partial charge in [0.2, 0.25) is 5.91 Å². The summed E-state index contributed by atoms with van der Waals surface area (Å²) >= 11 is 0. The van der Waals surface area contributed by atoms with Gasteiger partial charge in [0.05, 0.1) is 6.61 Å². The molecule has 1 atom stereocenters. The van der Waals surface area contributed by atoms with Crippen molar-refractivity contribution in [3.05, 3.63) is 0 Å². The highest BCUT2D eigenvalue weighted by Crippen LogP contribution is 2.39. The highest BCUT2D eigenvalue weighted by atomic mass is 16.5. The molecule has 114 valence electrons. The molecule has 2 heterocycles. The Balaban J connectivity index is 1.62. The summed E-state index contributed by atoms with van der Waals surface area (Å²) < 4.78 is 5.20. The Labute approximate surface area is 122 Å². The third-order valence-electron chi connectivity index (χ3n) is 5.42. The van der Waals surface area contributed by atoms with Gasteiger partial charge in [0.25, 0.3) is 0 Å². The first-order chi connectivity index (χ1) is 9.73. The van der Waals surface area contributed by atoms with Crippen molar-refractivity contribution < 1.29 is 9.53 Å². The number of methoxy groups -OCH3 is 1. The van der Waals surface area contributed by atoms with Crippen molar-refractivity contribution in [1.29, 1.82) is 0 Å². The van der Waals surface area contributed by atoms with E-state index in [0.717, 1.165) is 31.7 Å². The second kappa shape index (κ2) is 6.02. The van der Waals surface area contributed by atoms with Gasteiger partial charge in [0.1, 0.15) is 0 Å². The van der Waals surface area contributed by atoms with Crippen LogP contribution >= 0.6 is 0 Å². The van der Waals surface area contributed by atoms with Crippen LogP contribution in [0.2, 0.25) is 0 Å². The van der Waals surface area contributed by atoms with Gasteiger partial charge in [0, 0.05) is 38.7 Å². The topological polar surface area (TPSA) is 32.8 Å². The Hall–Kier alpha value is -0.610. The molecule has 0 aromatic carbocycles. The van der Waals surface area contributed by atoms with Crippen LogP contribution in [0.4, 0.5) is 0 Å². The lowest BCUT2D eigenvalue weighted by Gasteiger charge is -2.38. The van der Waals surface area contributed by atoms with E-state index in [4.69, 9.17) is 4.74 Å². The molecule has 1 amide bonds. The molecular formula is C16H28N2O2. The van der Waals surface area contributed by atoms with Gasteiger partial charge in [-0.1, -0.05) is 0 Å². The summed E-state index contributed by atoms with van der Waals surface area (Å²) in [6, 6.07) is 0. The molecule has 1 aliphatic carbocycles. The molecule has 2 saturated heterocycles. The zero-order valence-corrected chi connectivity index (χ0v) is 12.8. The van der Waals surface area contributed by atoms with E-state index in [0.29, 0.717) is 12.5 Å². The Morgan fingerprint density at radius 3 is 2.85 bits per heavy atom. The number of ether oxygens (including phenoxy) is 1. The van der Waals surface area contributed by atoms with Crippen LogP contribution in [0.15, 0.2) is 0 Å². The molecule has 0 N–H and O–H groups in total. The molecule has 2 aliphatic heterocycles. The van der Waals surface area contributed by atoms with Crippen LogP contribution in [0.5, 0.6) is 0 Å². The molecule has 1 saturated carbocycles. The van der Waals surface area contributed by atoms with Crippen molar-refractivity contribution >= 4 is 5.91 Å². The van der Waals surface area contributed by atoms with Crippen LogP contribution in [-0.4, -0.2) is 61.1 Å². The molecule has 0 bridgehead atoms. The van der Waals surface area contributed by atoms with Crippen LogP contribution in [0, 0.1) is 5.92 Å². The van der Waals surface area contributed by atoms with E-state index >= 15 is 0 Å². The van der Waals surface area contributed by atoms with Crippen molar-refractivity contribution in [2.24, 2.45) is 5.92 Å². The van der Waals surface area contributed by atoms with Crippen LogP contribution in [0.25, 0.3) is 0 Å². The second-order valence-electron chi connectivity index (χ2n) is 6.86. The molecule has 20 heavy (non-hydrogen) atoms. The first kappa shape index (κ1) is 14.3. The van der Waals surface area contributed by atoms with Crippen molar-refractivity contribution in [3.63, 3.8) is 0 Å². The maximum absolute atomic E-state index is 12.2. The Bertz CT molecular complexity index is 356. The van der Waals surface area contributed by atoms with E-state index in [1.54, 1.807) is 7.11 Å². The average Bonchev–Trinajstić information content (AvgIpc) is 3.22. The van der Waals surface area contributed by atoms with E-state index in [2.05, 4.69) is 9.80 Å². The predicted molar refractivity (Wildman–Crippen MR) is 78.6 cm³/mol. The fraction of sp³-hybridized carbons (Fsp3) is 0.938. The van der Waals surface area contributed by atoms with Gasteiger partial charge >= 0.3 is 0 Å². The summed E-state index contributed by atoms with van der Waals surface area (Å²) in [7, 11) is 1.72. The Kier molecular flexibility index (Phi) is 4.32. The number of hydrogen-bond donors (Lipinski definition) is 0. The number of carbonyl (C=O) groups is 1. The van der Waals surface area contributed by atoms with Crippen LogP contribution in [0.3, 0.4) is 0 Å². The summed E-state index contributed by atoms with van der Waals surface area (Å²) in [6.07, 6.45) is 8.25. The van der Waals surface area contributed by atoms with E-state index in [1.165, 1.54) is 45.3 Å². The highest BCUT2D eigenvalue weighted by molar-refractivity contribution is 5.79. The van der Waals surface area contributed by atoms with Gasteiger partial charge in [0.15, 0.2) is 0 Å². The molecule has 0 aromatic heterocycles. The molecule has 3 aliphatic rings. The lowest BCUT2D eigenvalue weighted by molar-refractivity contribution is -0.132. The minimum absolute atomic E-state index is 0.147. The maximum Gasteiger partial charge on any atom is 0.223 e. The van der Waals surface area contributed by atoms with Gasteiger partial charge in [-0.05, 0) is 51.0 Å². The largest absolute Gasteiger partial charge is 0.383 e. The normalized spacial score (nSPS) is 32.0.